The van der Waals surface area contributed by atoms with Crippen molar-refractivity contribution >= 4 is 11.8 Å². The number of rotatable bonds is 7. The van der Waals surface area contributed by atoms with E-state index < -0.39 is 0 Å². The summed E-state index contributed by atoms with van der Waals surface area (Å²) < 4.78 is 18.5. The monoisotopic (exact) mass is 361 g/mol. The highest BCUT2D eigenvalue weighted by Gasteiger charge is 2.49. The summed E-state index contributed by atoms with van der Waals surface area (Å²) in [7, 11) is 0. The van der Waals surface area contributed by atoms with Crippen molar-refractivity contribution in [2.45, 2.75) is 58.0 Å². The minimum atomic E-state index is -0.324. The number of halogens is 1. The van der Waals surface area contributed by atoms with E-state index in [2.05, 4.69) is 11.8 Å². The van der Waals surface area contributed by atoms with Crippen LogP contribution in [0, 0.1) is 11.2 Å². The zero-order valence-corrected chi connectivity index (χ0v) is 15.5. The predicted molar refractivity (Wildman–Crippen MR) is 97.5 cm³/mol. The minimum absolute atomic E-state index is 0.00193. The second-order valence-electron chi connectivity index (χ2n) is 7.68. The maximum absolute atomic E-state index is 12.9. The van der Waals surface area contributed by atoms with Crippen molar-refractivity contribution < 1.29 is 18.7 Å². The third kappa shape index (κ3) is 4.32. The van der Waals surface area contributed by atoms with E-state index in [0.29, 0.717) is 12.0 Å². The maximum Gasteiger partial charge on any atom is 0.312 e. The first kappa shape index (κ1) is 19.0. The molecule has 142 valence electrons. The average Bonchev–Trinajstić information content (AvgIpc) is 2.93. The number of carbonyl (C=O) groups is 2. The first-order valence-electron chi connectivity index (χ1n) is 9.74. The number of piperidine rings is 1. The molecule has 0 radical (unpaired) electrons. The van der Waals surface area contributed by atoms with Crippen LogP contribution in [-0.2, 0) is 9.53 Å². The van der Waals surface area contributed by atoms with Gasteiger partial charge in [0.15, 0.2) is 5.78 Å². The molecule has 2 aliphatic heterocycles. The van der Waals surface area contributed by atoms with Crippen molar-refractivity contribution in [3.63, 3.8) is 0 Å². The van der Waals surface area contributed by atoms with Gasteiger partial charge in [-0.2, -0.15) is 0 Å². The van der Waals surface area contributed by atoms with Crippen LogP contribution in [0.15, 0.2) is 24.3 Å². The summed E-state index contributed by atoms with van der Waals surface area (Å²) in [4.78, 5) is 26.8. The first-order chi connectivity index (χ1) is 12.5. The van der Waals surface area contributed by atoms with Gasteiger partial charge in [-0.15, -0.1) is 0 Å². The molecule has 0 aliphatic carbocycles. The van der Waals surface area contributed by atoms with Crippen molar-refractivity contribution in [3.05, 3.63) is 35.6 Å². The maximum atomic E-state index is 12.9. The molecule has 3 rings (SSSR count). The fourth-order valence-electron chi connectivity index (χ4n) is 4.18. The van der Waals surface area contributed by atoms with Gasteiger partial charge in [0.05, 0.1) is 5.41 Å². The van der Waals surface area contributed by atoms with Crippen LogP contribution in [0.2, 0.25) is 0 Å². The third-order valence-electron chi connectivity index (χ3n) is 5.79. The number of benzene rings is 1. The van der Waals surface area contributed by atoms with E-state index in [1.54, 1.807) is 12.1 Å². The highest BCUT2D eigenvalue weighted by Crippen LogP contribution is 2.44. The summed E-state index contributed by atoms with van der Waals surface area (Å²) in [5.41, 5.74) is 0.306. The van der Waals surface area contributed by atoms with Gasteiger partial charge in [0.1, 0.15) is 11.9 Å². The quantitative estimate of drug-likeness (QED) is 0.544. The SMILES string of the molecule is CCCC1CC2(CCN(CCCC(=O)c3ccc(F)cc3)CC2)C(=O)O1. The Morgan fingerprint density at radius 3 is 2.62 bits per heavy atom. The second kappa shape index (κ2) is 8.30. The lowest BCUT2D eigenvalue weighted by Crippen LogP contribution is -2.42. The minimum Gasteiger partial charge on any atom is -0.462 e. The fourth-order valence-corrected chi connectivity index (χ4v) is 4.18. The van der Waals surface area contributed by atoms with Gasteiger partial charge >= 0.3 is 5.97 Å². The highest BCUT2D eigenvalue weighted by atomic mass is 19.1. The molecule has 0 N–H and O–H groups in total. The largest absolute Gasteiger partial charge is 0.462 e. The van der Waals surface area contributed by atoms with E-state index in [9.17, 15) is 14.0 Å². The van der Waals surface area contributed by atoms with Gasteiger partial charge < -0.3 is 9.64 Å². The topological polar surface area (TPSA) is 46.6 Å². The van der Waals surface area contributed by atoms with Crippen LogP contribution in [0.4, 0.5) is 4.39 Å². The van der Waals surface area contributed by atoms with Crippen molar-refractivity contribution in [1.29, 1.82) is 0 Å². The molecule has 5 heteroatoms. The summed E-state index contributed by atoms with van der Waals surface area (Å²) in [5.74, 6) is -0.266. The zero-order valence-electron chi connectivity index (χ0n) is 15.5. The Hall–Kier alpha value is -1.75. The number of Topliss-reactive ketones (excluding diaryl/α,β-unsaturated/α-hetero) is 1. The Morgan fingerprint density at radius 1 is 1.27 bits per heavy atom. The summed E-state index contributed by atoms with van der Waals surface area (Å²) in [6.45, 7) is 4.75. The summed E-state index contributed by atoms with van der Waals surface area (Å²) in [6, 6.07) is 5.73. The molecular weight excluding hydrogens is 333 g/mol. The van der Waals surface area contributed by atoms with E-state index in [-0.39, 0.29) is 29.1 Å². The van der Waals surface area contributed by atoms with Crippen molar-refractivity contribution in [1.82, 2.24) is 4.90 Å². The van der Waals surface area contributed by atoms with Crippen LogP contribution in [0.3, 0.4) is 0 Å². The first-order valence-corrected chi connectivity index (χ1v) is 9.74. The van der Waals surface area contributed by atoms with Gasteiger partial charge in [0.25, 0.3) is 0 Å². The Morgan fingerprint density at radius 2 is 1.96 bits per heavy atom. The Labute approximate surface area is 154 Å². The lowest BCUT2D eigenvalue weighted by Gasteiger charge is -2.36. The lowest BCUT2D eigenvalue weighted by molar-refractivity contribution is -0.150. The van der Waals surface area contributed by atoms with E-state index in [1.807, 2.05) is 0 Å². The number of nitrogens with zero attached hydrogens (tertiary/aromatic N) is 1. The predicted octanol–water partition coefficient (Wildman–Crippen LogP) is 3.99. The molecule has 0 amide bonds. The average molecular weight is 361 g/mol. The Kier molecular flexibility index (Phi) is 6.07. The normalized spacial score (nSPS) is 22.5. The summed E-state index contributed by atoms with van der Waals surface area (Å²) in [5, 5.41) is 0. The molecule has 1 aromatic carbocycles. The molecule has 1 atom stereocenters. The van der Waals surface area contributed by atoms with Gasteiger partial charge in [-0.25, -0.2) is 4.39 Å². The number of likely N-dealkylation sites (tertiary alicyclic amines) is 1. The molecular formula is C21H28FNO3. The van der Waals surface area contributed by atoms with Crippen LogP contribution >= 0.6 is 0 Å². The van der Waals surface area contributed by atoms with Crippen LogP contribution < -0.4 is 0 Å². The third-order valence-corrected chi connectivity index (χ3v) is 5.79. The Balaban J connectivity index is 1.41. The van der Waals surface area contributed by atoms with Crippen LogP contribution in [0.25, 0.3) is 0 Å². The van der Waals surface area contributed by atoms with E-state index >= 15 is 0 Å². The van der Waals surface area contributed by atoms with Gasteiger partial charge in [-0.3, -0.25) is 9.59 Å². The molecule has 1 spiro atoms. The number of ether oxygens (including phenoxy) is 1. The molecule has 1 unspecified atom stereocenters. The van der Waals surface area contributed by atoms with E-state index in [0.717, 1.165) is 58.2 Å². The molecule has 2 saturated heterocycles. The molecule has 4 nitrogen and oxygen atoms in total. The standard InChI is InChI=1S/C21H28FNO3/c1-2-4-18-15-21(20(25)26-18)10-13-23(14-11-21)12-3-5-19(24)16-6-8-17(22)9-7-16/h6-9,18H,2-5,10-15H2,1H3. The molecule has 1 aromatic rings. The van der Waals surface area contributed by atoms with Gasteiger partial charge in [0.2, 0.25) is 0 Å². The smallest absolute Gasteiger partial charge is 0.312 e. The van der Waals surface area contributed by atoms with Crippen molar-refractivity contribution in [2.24, 2.45) is 5.41 Å². The number of hydrogen-bond donors (Lipinski definition) is 0. The van der Waals surface area contributed by atoms with E-state index in [4.69, 9.17) is 4.74 Å². The molecule has 0 bridgehead atoms. The van der Waals surface area contributed by atoms with Gasteiger partial charge in [-0.05, 0) is 69.6 Å². The zero-order chi connectivity index (χ0) is 18.6. The second-order valence-corrected chi connectivity index (χ2v) is 7.68. The van der Waals surface area contributed by atoms with Gasteiger partial charge in [-0.1, -0.05) is 13.3 Å². The molecule has 2 heterocycles. The Bertz CT molecular complexity index is 635. The lowest BCUT2D eigenvalue weighted by atomic mass is 9.75. The van der Waals surface area contributed by atoms with Gasteiger partial charge in [0, 0.05) is 18.4 Å². The molecule has 0 aromatic heterocycles. The highest BCUT2D eigenvalue weighted by molar-refractivity contribution is 5.95. The van der Waals surface area contributed by atoms with E-state index in [1.165, 1.54) is 12.1 Å². The molecule has 26 heavy (non-hydrogen) atoms. The van der Waals surface area contributed by atoms with Crippen LogP contribution in [-0.4, -0.2) is 42.4 Å². The summed E-state index contributed by atoms with van der Waals surface area (Å²) in [6.07, 6.45) is 5.95. The van der Waals surface area contributed by atoms with Crippen molar-refractivity contribution in [2.75, 3.05) is 19.6 Å². The number of esters is 1. The number of carbonyl (C=O) groups excluding carboxylic acids is 2. The fraction of sp³-hybridized carbons (Fsp3) is 0.619. The summed E-state index contributed by atoms with van der Waals surface area (Å²) >= 11 is 0. The van der Waals surface area contributed by atoms with Crippen LogP contribution in [0.1, 0.15) is 62.2 Å². The number of hydrogen-bond acceptors (Lipinski definition) is 4. The van der Waals surface area contributed by atoms with Crippen molar-refractivity contribution in [3.8, 4) is 0 Å². The molecule has 0 saturated carbocycles. The number of cyclic esters (lactones) is 1. The molecule has 2 fully saturated rings. The van der Waals surface area contributed by atoms with Crippen LogP contribution in [0.5, 0.6) is 0 Å². The number of ketones is 1. The molecule has 2 aliphatic rings.